The van der Waals surface area contributed by atoms with E-state index >= 15 is 0 Å². The molecule has 3 rings (SSSR count). The summed E-state index contributed by atoms with van der Waals surface area (Å²) in [6, 6.07) is 8.69. The molecule has 0 atom stereocenters. The summed E-state index contributed by atoms with van der Waals surface area (Å²) in [5, 5.41) is 2.67. The molecule has 11 heteroatoms. The predicted octanol–water partition coefficient (Wildman–Crippen LogP) is 3.85. The Morgan fingerprint density at radius 3 is 2.16 bits per heavy atom. The van der Waals surface area contributed by atoms with E-state index in [1.807, 2.05) is 6.92 Å². The Morgan fingerprint density at radius 1 is 0.973 bits per heavy atom. The number of rotatable bonds is 11. The molecular formula is C26H34N2O8S. The topological polar surface area (TPSA) is 120 Å². The van der Waals surface area contributed by atoms with Crippen LogP contribution in [0.1, 0.15) is 49.4 Å². The van der Waals surface area contributed by atoms with Gasteiger partial charge in [-0.1, -0.05) is 19.3 Å². The molecule has 1 aliphatic carbocycles. The van der Waals surface area contributed by atoms with Gasteiger partial charge in [0.1, 0.15) is 5.75 Å². The lowest BCUT2D eigenvalue weighted by atomic mass is 9.95. The predicted molar refractivity (Wildman–Crippen MR) is 138 cm³/mol. The Hall–Kier alpha value is -3.31. The molecule has 0 heterocycles. The molecule has 0 spiro atoms. The third kappa shape index (κ3) is 6.72. The Labute approximate surface area is 217 Å². The van der Waals surface area contributed by atoms with Crippen molar-refractivity contribution in [3.63, 3.8) is 0 Å². The van der Waals surface area contributed by atoms with Gasteiger partial charge in [0.15, 0.2) is 11.5 Å². The van der Waals surface area contributed by atoms with Gasteiger partial charge < -0.3 is 24.3 Å². The minimum Gasteiger partial charge on any atom is -0.494 e. The fourth-order valence-electron chi connectivity index (χ4n) is 4.38. The Morgan fingerprint density at radius 2 is 1.59 bits per heavy atom. The normalized spacial score (nSPS) is 14.2. The van der Waals surface area contributed by atoms with E-state index in [0.29, 0.717) is 25.2 Å². The van der Waals surface area contributed by atoms with Crippen LogP contribution in [0.5, 0.6) is 17.2 Å². The molecule has 1 amide bonds. The average molecular weight is 535 g/mol. The molecule has 1 fully saturated rings. The third-order valence-electron chi connectivity index (χ3n) is 6.23. The summed E-state index contributed by atoms with van der Waals surface area (Å²) in [5.74, 6) is -0.161. The third-order valence-corrected chi connectivity index (χ3v) is 8.14. The summed E-state index contributed by atoms with van der Waals surface area (Å²) in [6.07, 6.45) is 4.10. The van der Waals surface area contributed by atoms with Crippen molar-refractivity contribution >= 4 is 27.6 Å². The summed E-state index contributed by atoms with van der Waals surface area (Å²) in [6.45, 7) is 1.89. The van der Waals surface area contributed by atoms with Crippen molar-refractivity contribution < 1.29 is 37.0 Å². The second kappa shape index (κ2) is 12.8. The minimum atomic E-state index is -3.99. The van der Waals surface area contributed by atoms with Crippen molar-refractivity contribution in [2.24, 2.45) is 0 Å². The molecule has 0 bridgehead atoms. The Balaban J connectivity index is 1.92. The van der Waals surface area contributed by atoms with Crippen LogP contribution in [0, 0.1) is 0 Å². The van der Waals surface area contributed by atoms with Gasteiger partial charge in [-0.05, 0) is 44.0 Å². The smallest absolute Gasteiger partial charge is 0.340 e. The molecule has 2 aromatic carbocycles. The fourth-order valence-corrected chi connectivity index (χ4v) is 6.02. The van der Waals surface area contributed by atoms with E-state index in [1.54, 1.807) is 12.1 Å². The highest BCUT2D eigenvalue weighted by Crippen LogP contribution is 2.34. The van der Waals surface area contributed by atoms with Crippen LogP contribution in [-0.2, 0) is 19.6 Å². The first kappa shape index (κ1) is 28.3. The number of hydrogen-bond donors (Lipinski definition) is 1. The lowest BCUT2D eigenvalue weighted by Crippen LogP contribution is -2.45. The number of sulfonamides is 1. The van der Waals surface area contributed by atoms with Gasteiger partial charge in [0.25, 0.3) is 0 Å². The summed E-state index contributed by atoms with van der Waals surface area (Å²) in [5.41, 5.74) is 0.170. The number of hydrogen-bond acceptors (Lipinski definition) is 8. The van der Waals surface area contributed by atoms with Crippen molar-refractivity contribution in [1.29, 1.82) is 0 Å². The molecule has 1 N–H and O–H groups in total. The highest BCUT2D eigenvalue weighted by molar-refractivity contribution is 7.89. The summed E-state index contributed by atoms with van der Waals surface area (Å²) < 4.78 is 49.5. The zero-order valence-corrected chi connectivity index (χ0v) is 22.4. The molecular weight excluding hydrogens is 500 g/mol. The molecule has 1 aliphatic rings. The maximum atomic E-state index is 13.7. The van der Waals surface area contributed by atoms with Crippen molar-refractivity contribution in [3.05, 3.63) is 42.0 Å². The standard InChI is InChI=1S/C26H34N2O8S/c1-5-36-19-11-13-20(14-12-19)37(31,32)28(18-9-7-6-8-10-18)17-25(29)27-22-16-24(34-3)23(33-2)15-21(22)26(30)35-4/h11-16,18H,5-10,17H2,1-4H3,(H,27,29). The van der Waals surface area contributed by atoms with Gasteiger partial charge in [0.05, 0.1) is 50.6 Å². The molecule has 2 aromatic rings. The number of ether oxygens (including phenoxy) is 4. The number of nitrogens with zero attached hydrogens (tertiary/aromatic N) is 1. The van der Waals surface area contributed by atoms with Crippen LogP contribution >= 0.6 is 0 Å². The zero-order chi connectivity index (χ0) is 27.0. The highest BCUT2D eigenvalue weighted by Gasteiger charge is 2.34. The van der Waals surface area contributed by atoms with Crippen molar-refractivity contribution in [1.82, 2.24) is 4.31 Å². The van der Waals surface area contributed by atoms with Crippen LogP contribution in [0.4, 0.5) is 5.69 Å². The SMILES string of the molecule is CCOc1ccc(S(=O)(=O)N(CC(=O)Nc2cc(OC)c(OC)cc2C(=O)OC)C2CCCCC2)cc1. The van der Waals surface area contributed by atoms with Crippen LogP contribution in [0.2, 0.25) is 0 Å². The molecule has 10 nitrogen and oxygen atoms in total. The molecule has 1 saturated carbocycles. The summed E-state index contributed by atoms with van der Waals surface area (Å²) >= 11 is 0. The fraction of sp³-hybridized carbons (Fsp3) is 0.462. The first-order valence-corrected chi connectivity index (χ1v) is 13.6. The summed E-state index contributed by atoms with van der Waals surface area (Å²) in [4.78, 5) is 25.7. The number of anilines is 1. The Kier molecular flexibility index (Phi) is 9.76. The van der Waals surface area contributed by atoms with Crippen LogP contribution in [0.3, 0.4) is 0 Å². The quantitative estimate of drug-likeness (QED) is 0.432. The maximum absolute atomic E-state index is 13.7. The first-order valence-electron chi connectivity index (χ1n) is 12.1. The van der Waals surface area contributed by atoms with Gasteiger partial charge in [0, 0.05) is 18.2 Å². The number of carbonyl (C=O) groups is 2. The lowest BCUT2D eigenvalue weighted by molar-refractivity contribution is -0.116. The Bertz CT molecular complexity index is 1190. The number of methoxy groups -OCH3 is 3. The molecule has 0 radical (unpaired) electrons. The van der Waals surface area contributed by atoms with Crippen LogP contribution < -0.4 is 19.5 Å². The second-order valence-electron chi connectivity index (χ2n) is 8.54. The van der Waals surface area contributed by atoms with Gasteiger partial charge in [0.2, 0.25) is 15.9 Å². The molecule has 0 unspecified atom stereocenters. The van der Waals surface area contributed by atoms with Gasteiger partial charge in [-0.25, -0.2) is 13.2 Å². The van der Waals surface area contributed by atoms with Gasteiger partial charge >= 0.3 is 5.97 Å². The highest BCUT2D eigenvalue weighted by atomic mass is 32.2. The van der Waals surface area contributed by atoms with Gasteiger partial charge in [-0.3, -0.25) is 4.79 Å². The number of amides is 1. The van der Waals surface area contributed by atoms with E-state index in [2.05, 4.69) is 5.32 Å². The zero-order valence-electron chi connectivity index (χ0n) is 21.6. The number of carbonyl (C=O) groups excluding carboxylic acids is 2. The first-order chi connectivity index (χ1) is 17.7. The largest absolute Gasteiger partial charge is 0.494 e. The maximum Gasteiger partial charge on any atom is 0.340 e. The lowest BCUT2D eigenvalue weighted by Gasteiger charge is -2.33. The molecule has 37 heavy (non-hydrogen) atoms. The van der Waals surface area contributed by atoms with E-state index in [0.717, 1.165) is 19.3 Å². The number of esters is 1. The molecule has 0 aliphatic heterocycles. The van der Waals surface area contributed by atoms with E-state index in [-0.39, 0.29) is 33.7 Å². The minimum absolute atomic E-state index is 0.0482. The number of benzene rings is 2. The van der Waals surface area contributed by atoms with Crippen LogP contribution in [0.15, 0.2) is 41.3 Å². The van der Waals surface area contributed by atoms with E-state index in [1.165, 1.54) is 49.9 Å². The van der Waals surface area contributed by atoms with Gasteiger partial charge in [-0.15, -0.1) is 0 Å². The summed E-state index contributed by atoms with van der Waals surface area (Å²) in [7, 11) is 0.0750. The van der Waals surface area contributed by atoms with Crippen molar-refractivity contribution in [2.45, 2.75) is 50.0 Å². The number of nitrogens with one attached hydrogen (secondary N) is 1. The molecule has 0 saturated heterocycles. The van der Waals surface area contributed by atoms with Gasteiger partial charge in [-0.2, -0.15) is 4.31 Å². The molecule has 202 valence electrons. The van der Waals surface area contributed by atoms with E-state index < -0.39 is 28.4 Å². The second-order valence-corrected chi connectivity index (χ2v) is 10.4. The van der Waals surface area contributed by atoms with E-state index in [9.17, 15) is 18.0 Å². The van der Waals surface area contributed by atoms with E-state index in [4.69, 9.17) is 18.9 Å². The molecule has 0 aromatic heterocycles. The van der Waals surface area contributed by atoms with Crippen molar-refractivity contribution in [2.75, 3.05) is 39.8 Å². The van der Waals surface area contributed by atoms with Crippen molar-refractivity contribution in [3.8, 4) is 17.2 Å². The monoisotopic (exact) mass is 534 g/mol. The van der Waals surface area contributed by atoms with Crippen LogP contribution in [0.25, 0.3) is 0 Å². The average Bonchev–Trinajstić information content (AvgIpc) is 2.91. The van der Waals surface area contributed by atoms with Crippen LogP contribution in [-0.4, -0.2) is 65.1 Å².